The minimum absolute atomic E-state index is 0.0125. The van der Waals surface area contributed by atoms with E-state index in [1.165, 1.54) is 0 Å². The van der Waals surface area contributed by atoms with Crippen LogP contribution in [0, 0.1) is 17.8 Å². The van der Waals surface area contributed by atoms with Crippen LogP contribution in [0.4, 0.5) is 0 Å². The summed E-state index contributed by atoms with van der Waals surface area (Å²) in [5.41, 5.74) is 9.88. The topological polar surface area (TPSA) is 247 Å². The highest BCUT2D eigenvalue weighted by Gasteiger charge is 2.48. The van der Waals surface area contributed by atoms with Gasteiger partial charge in [0.05, 0.1) is 12.1 Å². The van der Waals surface area contributed by atoms with Crippen LogP contribution in [0.3, 0.4) is 0 Å². The van der Waals surface area contributed by atoms with E-state index in [4.69, 9.17) is 26.2 Å². The van der Waals surface area contributed by atoms with Crippen molar-refractivity contribution in [2.24, 2.45) is 29.2 Å². The number of amides is 1. The van der Waals surface area contributed by atoms with Gasteiger partial charge in [0.1, 0.15) is 16.9 Å². The van der Waals surface area contributed by atoms with E-state index in [1.807, 2.05) is 27.7 Å². The average molecular weight is 639 g/mol. The fraction of sp³-hybridized carbons (Fsp3) is 0.862. The van der Waals surface area contributed by atoms with E-state index in [1.54, 1.807) is 0 Å². The number of unbranched alkanes of at least 4 members (excludes halogenated alkanes) is 1. The van der Waals surface area contributed by atoms with Gasteiger partial charge in [0.15, 0.2) is 0 Å². The zero-order valence-corrected chi connectivity index (χ0v) is 27.3. The standard InChI is InChI=1S/C15H27BN2O4.C14H28BN3O5/c1-10(2)13(17)12(19)7-11-8-15(18-9-11)5-3-4-6-16(21)22-14(15)20;1-9(2)11(16)12(19)18-10-7-14(13(20)21,17-8-10)5-3-4-6-15(22)23/h10-11,13,18,21H,3-9,17H2,1-2H3;9-11,17,22-23H,3-8,16H2,1-2H3,(H,18,19)(H,20,21)/t11-,13+,15-;10-,11+,14-/m11/s1. The normalized spacial score (nSPS) is 28.2. The molecule has 3 saturated heterocycles. The molecule has 0 unspecified atom stereocenters. The van der Waals surface area contributed by atoms with Crippen molar-refractivity contribution in [1.82, 2.24) is 16.0 Å². The number of carboxylic acids is 1. The van der Waals surface area contributed by atoms with Crippen molar-refractivity contribution in [3.05, 3.63) is 0 Å². The Balaban J connectivity index is 0.000000314. The zero-order valence-electron chi connectivity index (χ0n) is 27.3. The maximum atomic E-state index is 12.3. The number of carbonyl (C=O) groups is 4. The first-order valence-corrected chi connectivity index (χ1v) is 16.3. The molecule has 0 aromatic carbocycles. The van der Waals surface area contributed by atoms with Crippen LogP contribution in [0.25, 0.3) is 0 Å². The van der Waals surface area contributed by atoms with Crippen molar-refractivity contribution in [2.75, 3.05) is 13.1 Å². The van der Waals surface area contributed by atoms with Crippen LogP contribution in [-0.4, -0.2) is 100 Å². The summed E-state index contributed by atoms with van der Waals surface area (Å²) in [4.78, 5) is 48.1. The molecule has 3 aliphatic heterocycles. The first-order valence-electron chi connectivity index (χ1n) is 16.3. The van der Waals surface area contributed by atoms with Crippen LogP contribution >= 0.6 is 0 Å². The van der Waals surface area contributed by atoms with Crippen molar-refractivity contribution in [3.8, 4) is 0 Å². The number of nitrogens with one attached hydrogen (secondary N) is 3. The Labute approximate surface area is 267 Å². The third-order valence-electron chi connectivity index (χ3n) is 9.26. The molecule has 0 aromatic heterocycles. The molecule has 0 bridgehead atoms. The lowest BCUT2D eigenvalue weighted by molar-refractivity contribution is -0.145. The number of aliphatic carboxylic acids is 1. The van der Waals surface area contributed by atoms with Gasteiger partial charge in [0.2, 0.25) is 5.91 Å². The van der Waals surface area contributed by atoms with Crippen molar-refractivity contribution in [1.29, 1.82) is 0 Å². The first kappa shape index (κ1) is 39.1. The molecule has 11 N–H and O–H groups in total. The van der Waals surface area contributed by atoms with Gasteiger partial charge in [-0.25, -0.2) is 0 Å². The average Bonchev–Trinajstić information content (AvgIpc) is 3.57. The number of hydrogen-bond acceptors (Lipinski definition) is 12. The molecule has 14 nitrogen and oxygen atoms in total. The second-order valence-electron chi connectivity index (χ2n) is 13.8. The maximum absolute atomic E-state index is 12.3. The largest absolute Gasteiger partial charge is 0.524 e. The lowest BCUT2D eigenvalue weighted by atomic mass is 9.77. The van der Waals surface area contributed by atoms with Crippen LogP contribution in [0.2, 0.25) is 12.6 Å². The minimum Gasteiger partial charge on any atom is -0.508 e. The van der Waals surface area contributed by atoms with Crippen LogP contribution in [0.1, 0.15) is 85.5 Å². The molecular formula is C29H55B2N5O9. The summed E-state index contributed by atoms with van der Waals surface area (Å²) < 4.78 is 5.11. The SMILES string of the molecule is CC(C)[C@H](N)C(=O)C[C@H]1CN[C@]2(CCCCB(O)OC2=O)C1.CC(C)[C@H](N)C(=O)N[C@H]1CN[C@@](CCCCB(O)O)(C(=O)O)C1. The monoisotopic (exact) mass is 639 g/mol. The fourth-order valence-electron chi connectivity index (χ4n) is 6.20. The third kappa shape index (κ3) is 11.6. The van der Waals surface area contributed by atoms with Crippen LogP contribution < -0.4 is 27.4 Å². The van der Waals surface area contributed by atoms with Crippen LogP contribution in [0.5, 0.6) is 0 Å². The number of carbonyl (C=O) groups excluding carboxylic acids is 3. The van der Waals surface area contributed by atoms with E-state index in [0.29, 0.717) is 64.4 Å². The van der Waals surface area contributed by atoms with Gasteiger partial charge in [0, 0.05) is 19.0 Å². The summed E-state index contributed by atoms with van der Waals surface area (Å²) in [5, 5.41) is 45.9. The van der Waals surface area contributed by atoms with Crippen molar-refractivity contribution >= 4 is 37.9 Å². The van der Waals surface area contributed by atoms with Crippen LogP contribution in [0.15, 0.2) is 0 Å². The Kier molecular flexibility index (Phi) is 15.4. The van der Waals surface area contributed by atoms with Crippen molar-refractivity contribution in [2.45, 2.75) is 127 Å². The van der Waals surface area contributed by atoms with Crippen molar-refractivity contribution < 1.29 is 44.0 Å². The van der Waals surface area contributed by atoms with Gasteiger partial charge in [-0.1, -0.05) is 53.4 Å². The van der Waals surface area contributed by atoms with E-state index in [9.17, 15) is 29.3 Å². The summed E-state index contributed by atoms with van der Waals surface area (Å²) in [5.74, 6) is -1.32. The summed E-state index contributed by atoms with van der Waals surface area (Å²) >= 11 is 0. The van der Waals surface area contributed by atoms with Gasteiger partial charge in [-0.05, 0) is 62.6 Å². The molecular weight excluding hydrogens is 584 g/mol. The van der Waals surface area contributed by atoms with Crippen LogP contribution in [-0.2, 0) is 23.8 Å². The molecule has 1 amide bonds. The number of carboxylic acid groups (broad SMARTS) is 1. The number of rotatable bonds is 13. The molecule has 16 heteroatoms. The Morgan fingerprint density at radius 3 is 2.31 bits per heavy atom. The van der Waals surface area contributed by atoms with E-state index >= 15 is 0 Å². The van der Waals surface area contributed by atoms with E-state index in [2.05, 4.69) is 16.0 Å². The van der Waals surface area contributed by atoms with Gasteiger partial charge in [-0.3, -0.25) is 24.5 Å². The molecule has 3 rings (SSSR count). The first-order chi connectivity index (χ1) is 21.0. The molecule has 3 heterocycles. The predicted molar refractivity (Wildman–Crippen MR) is 171 cm³/mol. The highest BCUT2D eigenvalue weighted by Crippen LogP contribution is 2.34. The molecule has 0 aliphatic carbocycles. The molecule has 0 aromatic rings. The van der Waals surface area contributed by atoms with E-state index in [-0.39, 0.29) is 47.8 Å². The summed E-state index contributed by atoms with van der Waals surface area (Å²) in [6.07, 6.45) is 5.83. The third-order valence-corrected chi connectivity index (χ3v) is 9.26. The fourth-order valence-corrected chi connectivity index (χ4v) is 6.20. The van der Waals surface area contributed by atoms with Gasteiger partial charge >= 0.3 is 26.2 Å². The summed E-state index contributed by atoms with van der Waals surface area (Å²) in [7, 11) is -2.38. The van der Waals surface area contributed by atoms with Gasteiger partial charge in [-0.15, -0.1) is 0 Å². The number of hydrogen-bond donors (Lipinski definition) is 9. The molecule has 3 aliphatic rings. The predicted octanol–water partition coefficient (Wildman–Crippen LogP) is -0.601. The van der Waals surface area contributed by atoms with Gasteiger partial charge in [-0.2, -0.15) is 0 Å². The Morgan fingerprint density at radius 2 is 1.71 bits per heavy atom. The maximum Gasteiger partial charge on any atom is 0.524 e. The van der Waals surface area contributed by atoms with Gasteiger partial charge < -0.3 is 46.9 Å². The quantitative estimate of drug-likeness (QED) is 0.0904. The molecule has 3 fully saturated rings. The van der Waals surface area contributed by atoms with Crippen molar-refractivity contribution in [3.63, 3.8) is 0 Å². The Bertz CT molecular complexity index is 1010. The highest BCUT2D eigenvalue weighted by atomic mass is 16.6. The highest BCUT2D eigenvalue weighted by molar-refractivity contribution is 6.45. The lowest BCUT2D eigenvalue weighted by Gasteiger charge is -2.30. The number of Topliss-reactive ketones (excluding diaryl/α,β-unsaturated/α-hetero) is 1. The smallest absolute Gasteiger partial charge is 0.508 e. The molecule has 256 valence electrons. The van der Waals surface area contributed by atoms with Gasteiger partial charge in [0.25, 0.3) is 0 Å². The second kappa shape index (κ2) is 17.7. The Hall–Kier alpha value is -2.07. The zero-order chi connectivity index (χ0) is 33.9. The molecule has 0 saturated carbocycles. The molecule has 6 atom stereocenters. The minimum atomic E-state index is -1.36. The molecule has 0 radical (unpaired) electrons. The number of ketones is 1. The molecule has 45 heavy (non-hydrogen) atoms. The van der Waals surface area contributed by atoms with E-state index < -0.39 is 43.4 Å². The van der Waals surface area contributed by atoms with E-state index in [0.717, 1.165) is 12.8 Å². The molecule has 1 spiro atoms. The summed E-state index contributed by atoms with van der Waals surface area (Å²) in [6, 6.07) is -1.32. The Morgan fingerprint density at radius 1 is 1.04 bits per heavy atom. The second-order valence-corrected chi connectivity index (χ2v) is 13.8. The lowest BCUT2D eigenvalue weighted by Crippen LogP contribution is -2.51. The summed E-state index contributed by atoms with van der Waals surface area (Å²) in [6.45, 7) is 8.57. The number of nitrogens with two attached hydrogens (primary N) is 2.